The maximum absolute atomic E-state index is 12.9. The number of piperazine rings is 1. The van der Waals surface area contributed by atoms with E-state index in [0.29, 0.717) is 38.0 Å². The van der Waals surface area contributed by atoms with Crippen LogP contribution in [0.4, 0.5) is 0 Å². The van der Waals surface area contributed by atoms with Crippen molar-refractivity contribution in [1.29, 1.82) is 5.26 Å². The van der Waals surface area contributed by atoms with Crippen LogP contribution in [0, 0.1) is 11.3 Å². The highest BCUT2D eigenvalue weighted by atomic mass is 16.2. The van der Waals surface area contributed by atoms with E-state index in [2.05, 4.69) is 16.0 Å². The number of hydrogen-bond donors (Lipinski definition) is 0. The van der Waals surface area contributed by atoms with E-state index in [-0.39, 0.29) is 18.4 Å². The Morgan fingerprint density at radius 2 is 1.92 bits per heavy atom. The molecule has 0 aromatic carbocycles. The van der Waals surface area contributed by atoms with Crippen LogP contribution >= 0.6 is 0 Å². The summed E-state index contributed by atoms with van der Waals surface area (Å²) in [6, 6.07) is 5.48. The summed E-state index contributed by atoms with van der Waals surface area (Å²) in [5.74, 6) is 0.000789. The first-order valence-corrected chi connectivity index (χ1v) is 8.15. The number of hydrogen-bond acceptors (Lipinski definition) is 5. The number of carbonyl (C=O) groups is 2. The van der Waals surface area contributed by atoms with Crippen LogP contribution in [0.2, 0.25) is 0 Å². The fourth-order valence-corrected chi connectivity index (χ4v) is 3.63. The summed E-state index contributed by atoms with van der Waals surface area (Å²) in [5, 5.41) is 8.91. The molecule has 0 unspecified atom stereocenters. The van der Waals surface area contributed by atoms with E-state index in [1.54, 1.807) is 34.3 Å². The van der Waals surface area contributed by atoms with Crippen LogP contribution in [0.25, 0.3) is 0 Å². The van der Waals surface area contributed by atoms with Crippen molar-refractivity contribution in [3.8, 4) is 6.07 Å². The Labute approximate surface area is 141 Å². The summed E-state index contributed by atoms with van der Waals surface area (Å²) in [7, 11) is 1.96. The van der Waals surface area contributed by atoms with Gasteiger partial charge >= 0.3 is 0 Å². The van der Waals surface area contributed by atoms with Gasteiger partial charge in [-0.2, -0.15) is 5.26 Å². The normalized spacial score (nSPS) is 20.9. The van der Waals surface area contributed by atoms with Gasteiger partial charge < -0.3 is 9.80 Å². The smallest absolute Gasteiger partial charge is 0.253 e. The number of nitrogens with zero attached hydrogens (tertiary/aromatic N) is 5. The van der Waals surface area contributed by atoms with Crippen molar-refractivity contribution in [2.75, 3.05) is 39.8 Å². The summed E-state index contributed by atoms with van der Waals surface area (Å²) in [6.45, 7) is 2.55. The zero-order valence-corrected chi connectivity index (χ0v) is 13.8. The molecule has 3 rings (SSSR count). The molecular formula is C17H21N5O2. The maximum atomic E-state index is 12.9. The first kappa shape index (κ1) is 16.4. The van der Waals surface area contributed by atoms with Gasteiger partial charge in [0.05, 0.1) is 6.07 Å². The van der Waals surface area contributed by atoms with Crippen LogP contribution in [0.3, 0.4) is 0 Å². The fraction of sp³-hybridized carbons (Fsp3) is 0.529. The van der Waals surface area contributed by atoms with E-state index in [1.807, 2.05) is 7.05 Å². The molecule has 2 aliphatic rings. The van der Waals surface area contributed by atoms with Crippen LogP contribution in [0.1, 0.15) is 23.2 Å². The summed E-state index contributed by atoms with van der Waals surface area (Å²) < 4.78 is 0. The lowest BCUT2D eigenvalue weighted by Crippen LogP contribution is -2.68. The number of likely N-dealkylation sites (N-methyl/N-ethyl adjacent to an activating group) is 1. The van der Waals surface area contributed by atoms with E-state index in [1.165, 1.54) is 0 Å². The third kappa shape index (κ3) is 2.74. The molecule has 7 nitrogen and oxygen atoms in total. The minimum absolute atomic E-state index is 0.0213. The summed E-state index contributed by atoms with van der Waals surface area (Å²) >= 11 is 0. The number of pyridine rings is 1. The van der Waals surface area contributed by atoms with E-state index in [0.717, 1.165) is 6.54 Å². The summed E-state index contributed by atoms with van der Waals surface area (Å²) in [6.07, 6.45) is 4.41. The molecule has 2 fully saturated rings. The monoisotopic (exact) mass is 327 g/mol. The molecule has 3 heterocycles. The van der Waals surface area contributed by atoms with Gasteiger partial charge in [-0.3, -0.25) is 19.5 Å². The number of amides is 2. The first-order chi connectivity index (χ1) is 11.6. The van der Waals surface area contributed by atoms with Crippen molar-refractivity contribution >= 4 is 11.8 Å². The molecule has 1 aromatic heterocycles. The van der Waals surface area contributed by atoms with Crippen molar-refractivity contribution in [1.82, 2.24) is 19.7 Å². The molecule has 0 radical (unpaired) electrons. The number of aromatic nitrogens is 1. The second kappa shape index (κ2) is 6.57. The Morgan fingerprint density at radius 1 is 1.25 bits per heavy atom. The van der Waals surface area contributed by atoms with Crippen LogP contribution in [-0.2, 0) is 4.79 Å². The van der Waals surface area contributed by atoms with Gasteiger partial charge in [-0.25, -0.2) is 0 Å². The van der Waals surface area contributed by atoms with Gasteiger partial charge in [0.15, 0.2) is 0 Å². The van der Waals surface area contributed by atoms with Crippen molar-refractivity contribution in [3.05, 3.63) is 30.1 Å². The van der Waals surface area contributed by atoms with Crippen molar-refractivity contribution in [2.45, 2.75) is 18.4 Å². The maximum Gasteiger partial charge on any atom is 0.253 e. The molecular weight excluding hydrogens is 306 g/mol. The van der Waals surface area contributed by atoms with E-state index >= 15 is 0 Å². The number of carbonyl (C=O) groups excluding carboxylic acids is 2. The van der Waals surface area contributed by atoms with Gasteiger partial charge in [-0.1, -0.05) is 0 Å². The fourth-order valence-electron chi connectivity index (χ4n) is 3.63. The third-order valence-electron chi connectivity index (χ3n) is 5.19. The van der Waals surface area contributed by atoms with Crippen LogP contribution in [0.5, 0.6) is 0 Å². The van der Waals surface area contributed by atoms with E-state index in [4.69, 9.17) is 5.26 Å². The van der Waals surface area contributed by atoms with Gasteiger partial charge in [-0.05, 0) is 32.0 Å². The average Bonchev–Trinajstić information content (AvgIpc) is 2.63. The Bertz CT molecular complexity index is 661. The first-order valence-electron chi connectivity index (χ1n) is 8.15. The average molecular weight is 327 g/mol. The lowest BCUT2D eigenvalue weighted by molar-refractivity contribution is -0.152. The molecule has 0 atom stereocenters. The Morgan fingerprint density at radius 3 is 2.54 bits per heavy atom. The van der Waals surface area contributed by atoms with Crippen LogP contribution in [0.15, 0.2) is 24.5 Å². The van der Waals surface area contributed by atoms with Crippen molar-refractivity contribution in [2.24, 2.45) is 0 Å². The standard InChI is InChI=1S/C17H21N5O2/c1-20-12-13-22(11-6-18)16(24)17(20)4-9-21(10-5-17)15(23)14-2-7-19-8-3-14/h2-3,7-8H,4-5,9-13H2,1H3. The number of likely N-dealkylation sites (tertiary alicyclic amines) is 1. The summed E-state index contributed by atoms with van der Waals surface area (Å²) in [4.78, 5) is 34.9. The highest BCUT2D eigenvalue weighted by Gasteiger charge is 2.49. The molecule has 7 heteroatoms. The lowest BCUT2D eigenvalue weighted by atomic mass is 9.82. The SMILES string of the molecule is CN1CCN(CC#N)C(=O)C12CCN(C(=O)c1ccncc1)CC2. The predicted molar refractivity (Wildman–Crippen MR) is 86.9 cm³/mol. The quantitative estimate of drug-likeness (QED) is 0.733. The molecule has 24 heavy (non-hydrogen) atoms. The molecule has 126 valence electrons. The molecule has 2 saturated heterocycles. The van der Waals surface area contributed by atoms with Gasteiger partial charge in [0.1, 0.15) is 12.1 Å². The van der Waals surface area contributed by atoms with Crippen molar-refractivity contribution in [3.63, 3.8) is 0 Å². The Kier molecular flexibility index (Phi) is 4.49. The molecule has 2 amide bonds. The number of piperidine rings is 1. The molecule has 2 aliphatic heterocycles. The van der Waals surface area contributed by atoms with Gasteiger partial charge in [0.2, 0.25) is 5.91 Å². The van der Waals surface area contributed by atoms with E-state index in [9.17, 15) is 9.59 Å². The molecule has 1 spiro atoms. The number of rotatable bonds is 2. The zero-order valence-electron chi connectivity index (χ0n) is 13.8. The highest BCUT2D eigenvalue weighted by molar-refractivity contribution is 5.94. The molecule has 0 bridgehead atoms. The zero-order chi connectivity index (χ0) is 17.2. The van der Waals surface area contributed by atoms with Crippen LogP contribution in [-0.4, -0.2) is 76.8 Å². The third-order valence-corrected chi connectivity index (χ3v) is 5.19. The topological polar surface area (TPSA) is 80.5 Å². The Hall–Kier alpha value is -2.46. The molecule has 1 aromatic rings. The predicted octanol–water partition coefficient (Wildman–Crippen LogP) is 0.354. The largest absolute Gasteiger partial charge is 0.338 e. The van der Waals surface area contributed by atoms with E-state index < -0.39 is 5.54 Å². The van der Waals surface area contributed by atoms with Gasteiger partial charge in [-0.15, -0.1) is 0 Å². The molecule has 0 aliphatic carbocycles. The highest BCUT2D eigenvalue weighted by Crippen LogP contribution is 2.33. The van der Waals surface area contributed by atoms with Crippen LogP contribution < -0.4 is 0 Å². The second-order valence-electron chi connectivity index (χ2n) is 6.37. The Balaban J connectivity index is 1.72. The molecule has 0 saturated carbocycles. The van der Waals surface area contributed by atoms with Gasteiger partial charge in [0, 0.05) is 44.1 Å². The number of nitriles is 1. The minimum Gasteiger partial charge on any atom is -0.338 e. The lowest BCUT2D eigenvalue weighted by Gasteiger charge is -2.51. The molecule has 0 N–H and O–H groups in total. The van der Waals surface area contributed by atoms with Gasteiger partial charge in [0.25, 0.3) is 5.91 Å². The summed E-state index contributed by atoms with van der Waals surface area (Å²) in [5.41, 5.74) is 0.0415. The van der Waals surface area contributed by atoms with Crippen molar-refractivity contribution < 1.29 is 9.59 Å². The minimum atomic E-state index is -0.579. The second-order valence-corrected chi connectivity index (χ2v) is 6.37.